The van der Waals surface area contributed by atoms with Crippen molar-refractivity contribution in [2.75, 3.05) is 24.5 Å². The maximum atomic E-state index is 5.84. The Morgan fingerprint density at radius 3 is 2.75 bits per heavy atom. The smallest absolute Gasteiger partial charge is 0.0399 e. The van der Waals surface area contributed by atoms with Gasteiger partial charge in [0, 0.05) is 18.8 Å². The predicted molar refractivity (Wildman–Crippen MR) is 67.6 cm³/mol. The number of fused-ring (bicyclic) bond motifs is 1. The number of anilines is 1. The average Bonchev–Trinajstić information content (AvgIpc) is 3.13. The zero-order chi connectivity index (χ0) is 11.0. The number of rotatable bonds is 3. The second-order valence-corrected chi connectivity index (χ2v) is 5.28. The van der Waals surface area contributed by atoms with E-state index in [-0.39, 0.29) is 0 Å². The lowest BCUT2D eigenvalue weighted by Gasteiger charge is -2.36. The van der Waals surface area contributed by atoms with E-state index >= 15 is 0 Å². The monoisotopic (exact) mass is 216 g/mol. The summed E-state index contributed by atoms with van der Waals surface area (Å²) in [6, 6.07) is 8.83. The van der Waals surface area contributed by atoms with Crippen LogP contribution in [0.5, 0.6) is 0 Å². The van der Waals surface area contributed by atoms with E-state index in [1.807, 2.05) is 0 Å². The molecule has 1 saturated carbocycles. The summed E-state index contributed by atoms with van der Waals surface area (Å²) in [5.74, 6) is 1.60. The van der Waals surface area contributed by atoms with Crippen LogP contribution in [0.3, 0.4) is 0 Å². The molecule has 86 valence electrons. The topological polar surface area (TPSA) is 29.3 Å². The average molecular weight is 216 g/mol. The van der Waals surface area contributed by atoms with Crippen molar-refractivity contribution in [2.24, 2.45) is 17.6 Å². The first-order valence-corrected chi connectivity index (χ1v) is 6.39. The van der Waals surface area contributed by atoms with Crippen LogP contribution in [0, 0.1) is 11.8 Å². The number of benzene rings is 1. The molecule has 2 N–H and O–H groups in total. The van der Waals surface area contributed by atoms with Gasteiger partial charge in [-0.25, -0.2) is 0 Å². The molecular formula is C14H20N2. The van der Waals surface area contributed by atoms with E-state index < -0.39 is 0 Å². The summed E-state index contributed by atoms with van der Waals surface area (Å²) >= 11 is 0. The van der Waals surface area contributed by atoms with E-state index in [4.69, 9.17) is 5.73 Å². The molecule has 0 unspecified atom stereocenters. The van der Waals surface area contributed by atoms with Gasteiger partial charge in [0.1, 0.15) is 0 Å². The molecule has 1 aliphatic heterocycles. The van der Waals surface area contributed by atoms with E-state index in [2.05, 4.69) is 29.2 Å². The number of nitrogens with two attached hydrogens (primary N) is 1. The van der Waals surface area contributed by atoms with E-state index in [0.717, 1.165) is 25.4 Å². The first-order valence-electron chi connectivity index (χ1n) is 6.39. The standard InChI is InChI=1S/C14H20N2/c15-8-12-7-13-3-1-2-4-14(13)16(10-12)9-11-5-6-11/h1-4,11-12H,5-10,15H2/t12-/m0/s1. The van der Waals surface area contributed by atoms with Crippen LogP contribution in [0.2, 0.25) is 0 Å². The summed E-state index contributed by atoms with van der Waals surface area (Å²) < 4.78 is 0. The lowest BCUT2D eigenvalue weighted by molar-refractivity contribution is 0.492. The molecule has 0 spiro atoms. The quantitative estimate of drug-likeness (QED) is 0.837. The summed E-state index contributed by atoms with van der Waals surface area (Å²) in [6.07, 6.45) is 4.01. The van der Waals surface area contributed by atoms with Gasteiger partial charge in [0.2, 0.25) is 0 Å². The Kier molecular flexibility index (Phi) is 2.60. The van der Waals surface area contributed by atoms with Gasteiger partial charge < -0.3 is 10.6 Å². The van der Waals surface area contributed by atoms with Gasteiger partial charge in [0.05, 0.1) is 0 Å². The van der Waals surface area contributed by atoms with E-state index in [1.54, 1.807) is 0 Å². The van der Waals surface area contributed by atoms with Crippen LogP contribution >= 0.6 is 0 Å². The van der Waals surface area contributed by atoms with Crippen LogP contribution in [0.4, 0.5) is 5.69 Å². The molecule has 2 nitrogen and oxygen atoms in total. The Morgan fingerprint density at radius 2 is 2.00 bits per heavy atom. The van der Waals surface area contributed by atoms with Crippen molar-refractivity contribution in [3.8, 4) is 0 Å². The first kappa shape index (κ1) is 10.2. The first-order chi connectivity index (χ1) is 7.86. The summed E-state index contributed by atoms with van der Waals surface area (Å²) in [7, 11) is 0. The van der Waals surface area contributed by atoms with E-state index in [9.17, 15) is 0 Å². The van der Waals surface area contributed by atoms with Crippen molar-refractivity contribution >= 4 is 5.69 Å². The molecule has 1 atom stereocenters. The largest absolute Gasteiger partial charge is 0.371 e. The summed E-state index contributed by atoms with van der Waals surface area (Å²) in [5.41, 5.74) is 8.79. The molecule has 0 aromatic heterocycles. The minimum absolute atomic E-state index is 0.647. The van der Waals surface area contributed by atoms with Gasteiger partial charge in [-0.05, 0) is 49.3 Å². The third-order valence-corrected chi connectivity index (χ3v) is 3.83. The molecule has 3 rings (SSSR count). The molecule has 1 fully saturated rings. The normalized spacial score (nSPS) is 24.3. The van der Waals surface area contributed by atoms with Crippen LogP contribution in [-0.4, -0.2) is 19.6 Å². The molecule has 0 radical (unpaired) electrons. The fraction of sp³-hybridized carbons (Fsp3) is 0.571. The summed E-state index contributed by atoms with van der Waals surface area (Å²) in [6.45, 7) is 3.22. The molecule has 1 aromatic carbocycles. The molecule has 16 heavy (non-hydrogen) atoms. The lowest BCUT2D eigenvalue weighted by atomic mass is 9.92. The Labute approximate surface area is 97.4 Å². The summed E-state index contributed by atoms with van der Waals surface area (Å²) in [5, 5.41) is 0. The minimum atomic E-state index is 0.647. The molecular weight excluding hydrogens is 196 g/mol. The third-order valence-electron chi connectivity index (χ3n) is 3.83. The van der Waals surface area contributed by atoms with Gasteiger partial charge in [-0.15, -0.1) is 0 Å². The Balaban J connectivity index is 1.85. The number of para-hydroxylation sites is 1. The molecule has 0 bridgehead atoms. The van der Waals surface area contributed by atoms with Crippen molar-refractivity contribution in [1.82, 2.24) is 0 Å². The maximum absolute atomic E-state index is 5.84. The predicted octanol–water partition coefficient (Wildman–Crippen LogP) is 2.03. The fourth-order valence-corrected chi connectivity index (χ4v) is 2.72. The van der Waals surface area contributed by atoms with Gasteiger partial charge in [0.25, 0.3) is 0 Å². The van der Waals surface area contributed by atoms with Gasteiger partial charge >= 0.3 is 0 Å². The Morgan fingerprint density at radius 1 is 1.19 bits per heavy atom. The minimum Gasteiger partial charge on any atom is -0.371 e. The zero-order valence-electron chi connectivity index (χ0n) is 9.73. The van der Waals surface area contributed by atoms with Crippen molar-refractivity contribution in [1.29, 1.82) is 0 Å². The SMILES string of the molecule is NC[C@@H]1Cc2ccccc2N(CC2CC2)C1. The van der Waals surface area contributed by atoms with Gasteiger partial charge in [-0.1, -0.05) is 18.2 Å². The van der Waals surface area contributed by atoms with Crippen molar-refractivity contribution in [3.63, 3.8) is 0 Å². The second kappa shape index (κ2) is 4.10. The maximum Gasteiger partial charge on any atom is 0.0399 e. The third kappa shape index (κ3) is 1.94. The van der Waals surface area contributed by atoms with E-state index in [1.165, 1.54) is 30.6 Å². The highest BCUT2D eigenvalue weighted by Crippen LogP contribution is 2.35. The second-order valence-electron chi connectivity index (χ2n) is 5.28. The molecule has 0 amide bonds. The number of hydrogen-bond acceptors (Lipinski definition) is 2. The van der Waals surface area contributed by atoms with Crippen LogP contribution in [-0.2, 0) is 6.42 Å². The molecule has 1 aromatic rings. The Bertz CT molecular complexity index is 371. The van der Waals surface area contributed by atoms with Crippen molar-refractivity contribution in [3.05, 3.63) is 29.8 Å². The molecule has 2 heteroatoms. The zero-order valence-corrected chi connectivity index (χ0v) is 9.73. The van der Waals surface area contributed by atoms with Crippen LogP contribution < -0.4 is 10.6 Å². The van der Waals surface area contributed by atoms with Crippen molar-refractivity contribution in [2.45, 2.75) is 19.3 Å². The highest BCUT2D eigenvalue weighted by atomic mass is 15.1. The van der Waals surface area contributed by atoms with Crippen LogP contribution in [0.25, 0.3) is 0 Å². The lowest BCUT2D eigenvalue weighted by Crippen LogP contribution is -2.39. The molecule has 0 saturated heterocycles. The highest BCUT2D eigenvalue weighted by molar-refractivity contribution is 5.56. The van der Waals surface area contributed by atoms with Gasteiger partial charge in [-0.2, -0.15) is 0 Å². The van der Waals surface area contributed by atoms with Gasteiger partial charge in [-0.3, -0.25) is 0 Å². The number of nitrogens with zero attached hydrogens (tertiary/aromatic N) is 1. The van der Waals surface area contributed by atoms with E-state index in [0.29, 0.717) is 5.92 Å². The van der Waals surface area contributed by atoms with Crippen molar-refractivity contribution < 1.29 is 0 Å². The highest BCUT2D eigenvalue weighted by Gasteiger charge is 2.29. The molecule has 2 aliphatic rings. The molecule has 1 heterocycles. The van der Waals surface area contributed by atoms with Crippen LogP contribution in [0.1, 0.15) is 18.4 Å². The fourth-order valence-electron chi connectivity index (χ4n) is 2.72. The summed E-state index contributed by atoms with van der Waals surface area (Å²) in [4.78, 5) is 2.56. The van der Waals surface area contributed by atoms with Crippen LogP contribution in [0.15, 0.2) is 24.3 Å². The number of hydrogen-bond donors (Lipinski definition) is 1. The molecule has 1 aliphatic carbocycles. The Hall–Kier alpha value is -1.02. The van der Waals surface area contributed by atoms with Gasteiger partial charge in [0.15, 0.2) is 0 Å².